The second kappa shape index (κ2) is 4.33. The molecule has 0 aliphatic rings. The molecule has 2 aromatic rings. The molecule has 1 heterocycles. The lowest BCUT2D eigenvalue weighted by atomic mass is 10.2. The molecule has 0 amide bonds. The Labute approximate surface area is 101 Å². The zero-order valence-corrected chi connectivity index (χ0v) is 10.1. The molecular formula is C13H16N4. The van der Waals surface area contributed by atoms with Gasteiger partial charge in [-0.25, -0.2) is 4.68 Å². The van der Waals surface area contributed by atoms with Gasteiger partial charge in [0, 0.05) is 12.6 Å². The van der Waals surface area contributed by atoms with E-state index >= 15 is 0 Å². The monoisotopic (exact) mass is 228 g/mol. The van der Waals surface area contributed by atoms with Gasteiger partial charge in [0.2, 0.25) is 0 Å². The number of hydrogen-bond acceptors (Lipinski definition) is 3. The maximum absolute atomic E-state index is 6.06. The van der Waals surface area contributed by atoms with Gasteiger partial charge in [-0.15, -0.1) is 0 Å². The highest BCUT2D eigenvalue weighted by Gasteiger charge is 2.14. The molecule has 0 aliphatic carbocycles. The molecule has 0 spiro atoms. The number of anilines is 1. The first-order valence-corrected chi connectivity index (χ1v) is 5.42. The summed E-state index contributed by atoms with van der Waals surface area (Å²) in [5.41, 5.74) is 9.51. The molecule has 3 N–H and O–H groups in total. The summed E-state index contributed by atoms with van der Waals surface area (Å²) in [6, 6.07) is 9.81. The highest BCUT2D eigenvalue weighted by atomic mass is 15.3. The molecule has 0 radical (unpaired) electrons. The van der Waals surface area contributed by atoms with E-state index < -0.39 is 0 Å². The second-order valence-corrected chi connectivity index (χ2v) is 3.83. The van der Waals surface area contributed by atoms with Crippen LogP contribution >= 0.6 is 0 Å². The Morgan fingerprint density at radius 1 is 1.35 bits per heavy atom. The van der Waals surface area contributed by atoms with E-state index in [0.717, 1.165) is 22.6 Å². The molecule has 0 saturated carbocycles. The van der Waals surface area contributed by atoms with Crippen molar-refractivity contribution in [3.63, 3.8) is 0 Å². The Morgan fingerprint density at radius 3 is 2.59 bits per heavy atom. The van der Waals surface area contributed by atoms with Crippen molar-refractivity contribution in [2.45, 2.75) is 6.92 Å². The largest absolute Gasteiger partial charge is 0.387 e. The molecule has 1 aromatic carbocycles. The molecule has 88 valence electrons. The third-order valence-electron chi connectivity index (χ3n) is 2.76. The maximum Gasteiger partial charge on any atom is 0.130 e. The number of aromatic nitrogens is 2. The molecule has 0 fully saturated rings. The predicted molar refractivity (Wildman–Crippen MR) is 70.8 cm³/mol. The van der Waals surface area contributed by atoms with Crippen LogP contribution in [-0.4, -0.2) is 16.8 Å². The first-order valence-electron chi connectivity index (χ1n) is 5.42. The molecular weight excluding hydrogens is 212 g/mol. The third kappa shape index (κ3) is 1.89. The predicted octanol–water partition coefficient (Wildman–Crippen LogP) is 1.95. The molecule has 2 rings (SSSR count). The Hall–Kier alpha value is -2.23. The van der Waals surface area contributed by atoms with E-state index in [1.807, 2.05) is 44.3 Å². The van der Waals surface area contributed by atoms with E-state index in [1.54, 1.807) is 4.68 Å². The molecule has 4 nitrogen and oxygen atoms in total. The van der Waals surface area contributed by atoms with E-state index in [-0.39, 0.29) is 0 Å². The fourth-order valence-corrected chi connectivity index (χ4v) is 1.68. The van der Waals surface area contributed by atoms with Gasteiger partial charge in [0.1, 0.15) is 11.5 Å². The van der Waals surface area contributed by atoms with E-state index in [1.165, 1.54) is 0 Å². The number of rotatable bonds is 3. The highest BCUT2D eigenvalue weighted by molar-refractivity contribution is 5.66. The number of para-hydroxylation sites is 1. The van der Waals surface area contributed by atoms with Crippen LogP contribution in [0.25, 0.3) is 11.4 Å². The summed E-state index contributed by atoms with van der Waals surface area (Å²) < 4.78 is 1.73. The summed E-state index contributed by atoms with van der Waals surface area (Å²) >= 11 is 0. The van der Waals surface area contributed by atoms with Crippen molar-refractivity contribution in [1.29, 1.82) is 0 Å². The normalized spacial score (nSPS) is 10.2. The van der Waals surface area contributed by atoms with Crippen molar-refractivity contribution in [2.75, 3.05) is 12.8 Å². The summed E-state index contributed by atoms with van der Waals surface area (Å²) in [7, 11) is 1.82. The van der Waals surface area contributed by atoms with Crippen LogP contribution in [0.3, 0.4) is 0 Å². The quantitative estimate of drug-likeness (QED) is 0.844. The van der Waals surface area contributed by atoms with Crippen LogP contribution < -0.4 is 11.1 Å². The van der Waals surface area contributed by atoms with Crippen molar-refractivity contribution in [3.05, 3.63) is 48.2 Å². The minimum Gasteiger partial charge on any atom is -0.387 e. The van der Waals surface area contributed by atoms with E-state index in [0.29, 0.717) is 5.82 Å². The zero-order chi connectivity index (χ0) is 12.4. The van der Waals surface area contributed by atoms with E-state index in [2.05, 4.69) is 17.0 Å². The lowest BCUT2D eigenvalue weighted by Gasteiger charge is -2.03. The van der Waals surface area contributed by atoms with E-state index in [4.69, 9.17) is 5.73 Å². The van der Waals surface area contributed by atoms with Gasteiger partial charge in [0.25, 0.3) is 0 Å². The number of nitrogens with one attached hydrogen (secondary N) is 1. The van der Waals surface area contributed by atoms with Gasteiger partial charge in [-0.1, -0.05) is 24.8 Å². The van der Waals surface area contributed by atoms with Gasteiger partial charge in [-0.2, -0.15) is 5.10 Å². The number of nitrogens with zero attached hydrogens (tertiary/aromatic N) is 2. The zero-order valence-electron chi connectivity index (χ0n) is 10.1. The Kier molecular flexibility index (Phi) is 2.87. The van der Waals surface area contributed by atoms with Gasteiger partial charge in [0.15, 0.2) is 0 Å². The van der Waals surface area contributed by atoms with Crippen molar-refractivity contribution in [2.24, 2.45) is 0 Å². The number of hydrogen-bond donors (Lipinski definition) is 2. The molecule has 1 aromatic heterocycles. The number of nitrogen functional groups attached to an aromatic ring is 1. The highest BCUT2D eigenvalue weighted by Crippen LogP contribution is 2.23. The minimum absolute atomic E-state index is 0.641. The summed E-state index contributed by atoms with van der Waals surface area (Å²) in [6.45, 7) is 5.85. The average molecular weight is 228 g/mol. The third-order valence-corrected chi connectivity index (χ3v) is 2.76. The average Bonchev–Trinajstić information content (AvgIpc) is 2.67. The molecule has 4 heteroatoms. The maximum atomic E-state index is 6.06. The standard InChI is InChI=1S/C13H16N4/c1-9-12(10(2)15-3)16-17(13(9)14)11-7-5-4-6-8-11/h4-8,15H,2,14H2,1,3H3. The fraction of sp³-hybridized carbons (Fsp3) is 0.154. The van der Waals surface area contributed by atoms with Crippen molar-refractivity contribution in [3.8, 4) is 5.69 Å². The number of benzene rings is 1. The first-order chi connectivity index (χ1) is 8.15. The lowest BCUT2D eigenvalue weighted by molar-refractivity contribution is 0.877. The van der Waals surface area contributed by atoms with Gasteiger partial charge >= 0.3 is 0 Å². The summed E-state index contributed by atoms with van der Waals surface area (Å²) in [6.07, 6.45) is 0. The smallest absolute Gasteiger partial charge is 0.130 e. The number of nitrogens with two attached hydrogens (primary N) is 1. The van der Waals surface area contributed by atoms with Crippen LogP contribution in [0.2, 0.25) is 0 Å². The molecule has 0 saturated heterocycles. The van der Waals surface area contributed by atoms with Crippen molar-refractivity contribution < 1.29 is 0 Å². The van der Waals surface area contributed by atoms with Crippen LogP contribution in [0.4, 0.5) is 5.82 Å². The van der Waals surface area contributed by atoms with Crippen molar-refractivity contribution >= 4 is 11.5 Å². The molecule has 0 unspecified atom stereocenters. The molecule has 17 heavy (non-hydrogen) atoms. The SMILES string of the molecule is C=C(NC)c1nn(-c2ccccc2)c(N)c1C. The molecule has 0 atom stereocenters. The van der Waals surface area contributed by atoms with Gasteiger partial charge < -0.3 is 11.1 Å². The Balaban J connectivity index is 2.54. The molecule has 0 bridgehead atoms. The summed E-state index contributed by atoms with van der Waals surface area (Å²) in [5.74, 6) is 0.641. The van der Waals surface area contributed by atoms with Crippen LogP contribution in [0.5, 0.6) is 0 Å². The summed E-state index contributed by atoms with van der Waals surface area (Å²) in [4.78, 5) is 0. The van der Waals surface area contributed by atoms with Gasteiger partial charge in [-0.3, -0.25) is 0 Å². The van der Waals surface area contributed by atoms with Crippen LogP contribution in [-0.2, 0) is 0 Å². The Bertz CT molecular complexity index is 540. The topological polar surface area (TPSA) is 55.9 Å². The van der Waals surface area contributed by atoms with Gasteiger partial charge in [-0.05, 0) is 19.1 Å². The molecule has 0 aliphatic heterocycles. The van der Waals surface area contributed by atoms with Crippen LogP contribution in [0.15, 0.2) is 36.9 Å². The van der Waals surface area contributed by atoms with Gasteiger partial charge in [0.05, 0.1) is 11.4 Å². The second-order valence-electron chi connectivity index (χ2n) is 3.83. The Morgan fingerprint density at radius 2 is 2.00 bits per heavy atom. The lowest BCUT2D eigenvalue weighted by Crippen LogP contribution is -2.05. The van der Waals surface area contributed by atoms with Crippen molar-refractivity contribution in [1.82, 2.24) is 15.1 Å². The van der Waals surface area contributed by atoms with Crippen LogP contribution in [0, 0.1) is 6.92 Å². The van der Waals surface area contributed by atoms with E-state index in [9.17, 15) is 0 Å². The minimum atomic E-state index is 0.641. The fourth-order valence-electron chi connectivity index (χ4n) is 1.68. The summed E-state index contributed by atoms with van der Waals surface area (Å²) in [5, 5.41) is 7.47. The van der Waals surface area contributed by atoms with Crippen LogP contribution in [0.1, 0.15) is 11.3 Å². The first kappa shape index (κ1) is 11.3.